The Morgan fingerprint density at radius 2 is 2.16 bits per heavy atom. The minimum absolute atomic E-state index is 0.350. The highest BCUT2D eigenvalue weighted by atomic mass is 16.4. The van der Waals surface area contributed by atoms with Crippen LogP contribution in [0, 0.1) is 6.92 Å². The molecule has 0 saturated heterocycles. The second-order valence-electron chi connectivity index (χ2n) is 4.65. The molecule has 0 aliphatic carbocycles. The Labute approximate surface area is 109 Å². The number of nitrogens with two attached hydrogens (primary N) is 1. The Morgan fingerprint density at radius 1 is 1.37 bits per heavy atom. The van der Waals surface area contributed by atoms with E-state index in [0.29, 0.717) is 12.1 Å². The third kappa shape index (κ3) is 1.79. The van der Waals surface area contributed by atoms with Gasteiger partial charge in [0.25, 0.3) is 0 Å². The molecule has 0 aliphatic heterocycles. The Balaban J connectivity index is 2.17. The predicted molar refractivity (Wildman–Crippen MR) is 73.9 cm³/mol. The van der Waals surface area contributed by atoms with Crippen molar-refractivity contribution in [1.29, 1.82) is 0 Å². The van der Waals surface area contributed by atoms with E-state index in [1.165, 1.54) is 4.57 Å². The molecule has 0 radical (unpaired) electrons. The van der Waals surface area contributed by atoms with Gasteiger partial charge in [-0.25, -0.2) is 4.79 Å². The van der Waals surface area contributed by atoms with E-state index < -0.39 is 0 Å². The van der Waals surface area contributed by atoms with Gasteiger partial charge in [-0.1, -0.05) is 6.07 Å². The summed E-state index contributed by atoms with van der Waals surface area (Å²) < 4.78 is 6.68. The van der Waals surface area contributed by atoms with Crippen LogP contribution < -0.4 is 11.5 Å². The molecule has 98 valence electrons. The van der Waals surface area contributed by atoms with Crippen molar-refractivity contribution in [1.82, 2.24) is 9.55 Å². The highest BCUT2D eigenvalue weighted by Gasteiger charge is 2.09. The quantitative estimate of drug-likeness (QED) is 0.736. The summed E-state index contributed by atoms with van der Waals surface area (Å²) in [4.78, 5) is 14.8. The number of nitrogens with zero attached hydrogens (tertiary/aromatic N) is 1. The van der Waals surface area contributed by atoms with E-state index in [0.717, 1.165) is 28.0 Å². The first kappa shape index (κ1) is 11.8. The Bertz CT molecular complexity index is 808. The molecule has 0 unspecified atom stereocenters. The summed E-state index contributed by atoms with van der Waals surface area (Å²) in [5.74, 6) is -0.350. The first-order valence-electron chi connectivity index (χ1n) is 6.08. The summed E-state index contributed by atoms with van der Waals surface area (Å²) in [5, 5.41) is 0. The van der Waals surface area contributed by atoms with Crippen LogP contribution in [0.2, 0.25) is 0 Å². The van der Waals surface area contributed by atoms with Crippen LogP contribution in [0.5, 0.6) is 0 Å². The zero-order valence-corrected chi connectivity index (χ0v) is 10.9. The fourth-order valence-corrected chi connectivity index (χ4v) is 2.27. The van der Waals surface area contributed by atoms with Crippen LogP contribution in [0.15, 0.2) is 33.5 Å². The Hall–Kier alpha value is -2.27. The van der Waals surface area contributed by atoms with E-state index >= 15 is 0 Å². The fraction of sp³-hybridized carbons (Fsp3) is 0.214. The van der Waals surface area contributed by atoms with Gasteiger partial charge in [0.15, 0.2) is 5.58 Å². The molecule has 19 heavy (non-hydrogen) atoms. The molecule has 5 nitrogen and oxygen atoms in total. The molecule has 3 rings (SSSR count). The molecule has 5 heteroatoms. The molecule has 0 spiro atoms. The van der Waals surface area contributed by atoms with E-state index in [2.05, 4.69) is 4.98 Å². The Morgan fingerprint density at radius 3 is 2.84 bits per heavy atom. The van der Waals surface area contributed by atoms with Gasteiger partial charge < -0.3 is 15.1 Å². The van der Waals surface area contributed by atoms with Gasteiger partial charge in [0.1, 0.15) is 0 Å². The van der Waals surface area contributed by atoms with E-state index in [9.17, 15) is 4.79 Å². The summed E-state index contributed by atoms with van der Waals surface area (Å²) in [6.07, 6.45) is 0. The maximum atomic E-state index is 11.5. The standard InChI is InChI=1S/C14H15N3O2/c1-8-10(7-15)5-11(16-8)9-3-4-12-13(6-9)19-14(18)17(12)2/h3-6,16H,7,15H2,1-2H3. The number of fused-ring (bicyclic) bond motifs is 1. The van der Waals surface area contributed by atoms with Crippen LogP contribution in [0.3, 0.4) is 0 Å². The van der Waals surface area contributed by atoms with E-state index in [-0.39, 0.29) is 5.76 Å². The zero-order valence-electron chi connectivity index (χ0n) is 10.9. The number of benzene rings is 1. The molecular weight excluding hydrogens is 242 g/mol. The van der Waals surface area contributed by atoms with Crippen molar-refractivity contribution in [3.63, 3.8) is 0 Å². The molecule has 3 aromatic rings. The summed E-state index contributed by atoms with van der Waals surface area (Å²) in [6.45, 7) is 2.50. The largest absolute Gasteiger partial charge is 0.419 e. The monoisotopic (exact) mass is 257 g/mol. The lowest BCUT2D eigenvalue weighted by Gasteiger charge is -1.98. The van der Waals surface area contributed by atoms with Crippen molar-refractivity contribution < 1.29 is 4.42 Å². The van der Waals surface area contributed by atoms with Crippen molar-refractivity contribution >= 4 is 11.1 Å². The lowest BCUT2D eigenvalue weighted by molar-refractivity contribution is 0.528. The van der Waals surface area contributed by atoms with Crippen molar-refractivity contribution in [2.45, 2.75) is 13.5 Å². The third-order valence-electron chi connectivity index (χ3n) is 3.45. The summed E-state index contributed by atoms with van der Waals surface area (Å²) in [7, 11) is 1.69. The maximum absolute atomic E-state index is 11.5. The van der Waals surface area contributed by atoms with Crippen LogP contribution in [-0.4, -0.2) is 9.55 Å². The van der Waals surface area contributed by atoms with Crippen LogP contribution in [-0.2, 0) is 13.6 Å². The molecule has 0 aliphatic rings. The SMILES string of the molecule is Cc1[nH]c(-c2ccc3c(c2)oc(=O)n3C)cc1CN. The van der Waals surface area contributed by atoms with E-state index in [1.54, 1.807) is 7.05 Å². The first-order chi connectivity index (χ1) is 9.10. The number of hydrogen-bond acceptors (Lipinski definition) is 3. The molecule has 2 aromatic heterocycles. The second kappa shape index (κ2) is 4.13. The van der Waals surface area contributed by atoms with Crippen molar-refractivity contribution in [3.05, 3.63) is 46.1 Å². The van der Waals surface area contributed by atoms with Crippen LogP contribution in [0.1, 0.15) is 11.3 Å². The lowest BCUT2D eigenvalue weighted by atomic mass is 10.1. The molecule has 0 atom stereocenters. The van der Waals surface area contributed by atoms with Gasteiger partial charge in [0.2, 0.25) is 0 Å². The molecule has 0 saturated carbocycles. The molecular formula is C14H15N3O2. The first-order valence-corrected chi connectivity index (χ1v) is 6.08. The maximum Gasteiger partial charge on any atom is 0.419 e. The van der Waals surface area contributed by atoms with Crippen molar-refractivity contribution in [2.24, 2.45) is 12.8 Å². The molecule has 3 N–H and O–H groups in total. The second-order valence-corrected chi connectivity index (χ2v) is 4.65. The number of hydrogen-bond donors (Lipinski definition) is 2. The number of oxazole rings is 1. The van der Waals surface area contributed by atoms with Crippen LogP contribution in [0.25, 0.3) is 22.4 Å². The topological polar surface area (TPSA) is 77.0 Å². The number of aromatic nitrogens is 2. The predicted octanol–water partition coefficient (Wildman–Crippen LogP) is 1.89. The number of nitrogens with one attached hydrogen (secondary N) is 1. The fourth-order valence-electron chi connectivity index (χ4n) is 2.27. The van der Waals surface area contributed by atoms with Gasteiger partial charge in [-0.3, -0.25) is 4.57 Å². The van der Waals surface area contributed by atoms with Gasteiger partial charge in [-0.2, -0.15) is 0 Å². The minimum atomic E-state index is -0.350. The highest BCUT2D eigenvalue weighted by molar-refractivity contribution is 5.79. The van der Waals surface area contributed by atoms with Gasteiger partial charge in [-0.05, 0) is 30.7 Å². The van der Waals surface area contributed by atoms with Crippen molar-refractivity contribution in [2.75, 3.05) is 0 Å². The number of rotatable bonds is 2. The smallest absolute Gasteiger partial charge is 0.408 e. The van der Waals surface area contributed by atoms with Crippen LogP contribution in [0.4, 0.5) is 0 Å². The molecule has 0 fully saturated rings. The van der Waals surface area contributed by atoms with Gasteiger partial charge in [0.05, 0.1) is 5.52 Å². The lowest BCUT2D eigenvalue weighted by Crippen LogP contribution is -2.08. The van der Waals surface area contributed by atoms with Gasteiger partial charge >= 0.3 is 5.76 Å². The molecule has 0 amide bonds. The number of H-pyrrole nitrogens is 1. The van der Waals surface area contributed by atoms with Crippen molar-refractivity contribution in [3.8, 4) is 11.3 Å². The van der Waals surface area contributed by atoms with Gasteiger partial charge in [-0.15, -0.1) is 0 Å². The highest BCUT2D eigenvalue weighted by Crippen LogP contribution is 2.25. The van der Waals surface area contributed by atoms with E-state index in [4.69, 9.17) is 10.2 Å². The minimum Gasteiger partial charge on any atom is -0.408 e. The normalized spacial score (nSPS) is 11.3. The summed E-state index contributed by atoms with van der Waals surface area (Å²) in [5.41, 5.74) is 11.2. The third-order valence-corrected chi connectivity index (χ3v) is 3.45. The average molecular weight is 257 g/mol. The molecule has 0 bridgehead atoms. The number of aromatic amines is 1. The number of aryl methyl sites for hydroxylation is 2. The van der Waals surface area contributed by atoms with Gasteiger partial charge in [0, 0.05) is 30.5 Å². The zero-order chi connectivity index (χ0) is 13.6. The summed E-state index contributed by atoms with van der Waals surface area (Å²) >= 11 is 0. The summed E-state index contributed by atoms with van der Waals surface area (Å²) in [6, 6.07) is 7.73. The average Bonchev–Trinajstić information content (AvgIpc) is 2.91. The van der Waals surface area contributed by atoms with E-state index in [1.807, 2.05) is 31.2 Å². The Kier molecular flexibility index (Phi) is 2.57. The molecule has 2 heterocycles. The van der Waals surface area contributed by atoms with Crippen LogP contribution >= 0.6 is 0 Å². The molecule has 1 aromatic carbocycles.